The van der Waals surface area contributed by atoms with Crippen LogP contribution < -0.4 is 0 Å². The van der Waals surface area contributed by atoms with Gasteiger partial charge < -0.3 is 10.2 Å². The van der Waals surface area contributed by atoms with E-state index < -0.39 is 5.60 Å². The Bertz CT molecular complexity index is 306. The molecule has 0 saturated heterocycles. The van der Waals surface area contributed by atoms with Gasteiger partial charge in [-0.3, -0.25) is 0 Å². The lowest BCUT2D eigenvalue weighted by Crippen LogP contribution is -2.44. The topological polar surface area (TPSA) is 40.5 Å². The van der Waals surface area contributed by atoms with Crippen LogP contribution in [0.15, 0.2) is 12.2 Å². The van der Waals surface area contributed by atoms with Gasteiger partial charge in [0.2, 0.25) is 0 Å². The normalized spacial score (nSPS) is 47.1. The predicted molar refractivity (Wildman–Crippen MR) is 69.5 cm³/mol. The Hall–Kier alpha value is -0.340. The standard InChI is InChI=1S/C15H26O2/c1-9(2)11-6-5-10(3)12-7-8-15(4,17)13(12)14(11)16/h9,11-14,16-17H,3,5-8H2,1-2,4H3/t11-,12-,13+,14+,15-/m1/s1. The number of allylic oxidation sites excluding steroid dienone is 1. The molecule has 0 heterocycles. The van der Waals surface area contributed by atoms with E-state index in [1.54, 1.807) is 0 Å². The summed E-state index contributed by atoms with van der Waals surface area (Å²) in [6.45, 7) is 10.4. The summed E-state index contributed by atoms with van der Waals surface area (Å²) in [5.41, 5.74) is 0.528. The molecule has 2 fully saturated rings. The van der Waals surface area contributed by atoms with Gasteiger partial charge in [0.15, 0.2) is 0 Å². The van der Waals surface area contributed by atoms with Crippen LogP contribution in [0.3, 0.4) is 0 Å². The second-order valence-corrected chi connectivity index (χ2v) is 6.62. The molecule has 0 spiro atoms. The Morgan fingerprint density at radius 3 is 2.59 bits per heavy atom. The summed E-state index contributed by atoms with van der Waals surface area (Å²) in [6, 6.07) is 0. The minimum atomic E-state index is -0.718. The molecule has 2 heteroatoms. The number of hydrogen-bond donors (Lipinski definition) is 2. The number of fused-ring (bicyclic) bond motifs is 1. The highest BCUT2D eigenvalue weighted by atomic mass is 16.3. The van der Waals surface area contributed by atoms with Crippen molar-refractivity contribution in [1.29, 1.82) is 0 Å². The third-order valence-corrected chi connectivity index (χ3v) is 5.10. The number of aliphatic hydroxyl groups is 2. The zero-order chi connectivity index (χ0) is 12.8. The van der Waals surface area contributed by atoms with Gasteiger partial charge in [0, 0.05) is 5.92 Å². The minimum absolute atomic E-state index is 0.00935. The van der Waals surface area contributed by atoms with Crippen molar-refractivity contribution in [1.82, 2.24) is 0 Å². The fourth-order valence-corrected chi connectivity index (χ4v) is 3.99. The van der Waals surface area contributed by atoms with Crippen molar-refractivity contribution in [2.75, 3.05) is 0 Å². The average Bonchev–Trinajstić information content (AvgIpc) is 2.45. The molecule has 0 aliphatic heterocycles. The van der Waals surface area contributed by atoms with Crippen molar-refractivity contribution in [3.05, 3.63) is 12.2 Å². The van der Waals surface area contributed by atoms with E-state index in [1.807, 2.05) is 6.92 Å². The van der Waals surface area contributed by atoms with Crippen LogP contribution >= 0.6 is 0 Å². The molecule has 2 rings (SSSR count). The highest BCUT2D eigenvalue weighted by Gasteiger charge is 2.51. The SMILES string of the molecule is C=C1CC[C@H](C(C)C)[C@H](O)[C@@H]2[C@@H]1CC[C@@]2(C)O. The molecule has 17 heavy (non-hydrogen) atoms. The lowest BCUT2D eigenvalue weighted by Gasteiger charge is -2.36. The van der Waals surface area contributed by atoms with Crippen LogP contribution in [-0.2, 0) is 0 Å². The molecule has 2 saturated carbocycles. The summed E-state index contributed by atoms with van der Waals surface area (Å²) in [4.78, 5) is 0. The van der Waals surface area contributed by atoms with Gasteiger partial charge in [-0.15, -0.1) is 0 Å². The van der Waals surface area contributed by atoms with E-state index >= 15 is 0 Å². The van der Waals surface area contributed by atoms with Crippen LogP contribution in [0.1, 0.15) is 46.5 Å². The van der Waals surface area contributed by atoms with Crippen LogP contribution in [0.25, 0.3) is 0 Å². The van der Waals surface area contributed by atoms with E-state index in [9.17, 15) is 10.2 Å². The van der Waals surface area contributed by atoms with E-state index in [-0.39, 0.29) is 12.0 Å². The molecule has 2 aliphatic rings. The fourth-order valence-electron chi connectivity index (χ4n) is 3.99. The van der Waals surface area contributed by atoms with Gasteiger partial charge >= 0.3 is 0 Å². The first-order chi connectivity index (χ1) is 7.84. The van der Waals surface area contributed by atoms with Crippen LogP contribution in [0.2, 0.25) is 0 Å². The molecule has 0 amide bonds. The molecule has 98 valence electrons. The molecule has 2 N–H and O–H groups in total. The Morgan fingerprint density at radius 2 is 2.00 bits per heavy atom. The van der Waals surface area contributed by atoms with Crippen molar-refractivity contribution < 1.29 is 10.2 Å². The molecular weight excluding hydrogens is 212 g/mol. The maximum atomic E-state index is 10.6. The molecule has 2 nitrogen and oxygen atoms in total. The van der Waals surface area contributed by atoms with E-state index in [0.717, 1.165) is 25.7 Å². The van der Waals surface area contributed by atoms with E-state index in [4.69, 9.17) is 0 Å². The molecular formula is C15H26O2. The van der Waals surface area contributed by atoms with Gasteiger partial charge in [0.1, 0.15) is 0 Å². The summed E-state index contributed by atoms with van der Waals surface area (Å²) >= 11 is 0. The van der Waals surface area contributed by atoms with Gasteiger partial charge in [0.05, 0.1) is 11.7 Å². The number of rotatable bonds is 1. The van der Waals surface area contributed by atoms with E-state index in [1.165, 1.54) is 5.57 Å². The summed E-state index contributed by atoms with van der Waals surface area (Å²) in [5, 5.41) is 21.1. The van der Waals surface area contributed by atoms with Crippen molar-refractivity contribution in [3.63, 3.8) is 0 Å². The van der Waals surface area contributed by atoms with Crippen LogP contribution in [0.5, 0.6) is 0 Å². The summed E-state index contributed by atoms with van der Waals surface area (Å²) in [6.07, 6.45) is 3.43. The van der Waals surface area contributed by atoms with Crippen LogP contribution in [-0.4, -0.2) is 21.9 Å². The summed E-state index contributed by atoms with van der Waals surface area (Å²) in [7, 11) is 0. The van der Waals surface area contributed by atoms with E-state index in [2.05, 4.69) is 20.4 Å². The molecule has 0 unspecified atom stereocenters. The quantitative estimate of drug-likeness (QED) is 0.690. The number of hydrogen-bond acceptors (Lipinski definition) is 2. The molecule has 0 aromatic rings. The largest absolute Gasteiger partial charge is 0.392 e. The zero-order valence-electron chi connectivity index (χ0n) is 11.3. The first-order valence-corrected chi connectivity index (χ1v) is 6.92. The minimum Gasteiger partial charge on any atom is -0.392 e. The third-order valence-electron chi connectivity index (χ3n) is 5.10. The fraction of sp³-hybridized carbons (Fsp3) is 0.867. The van der Waals surface area contributed by atoms with Crippen LogP contribution in [0, 0.1) is 23.7 Å². The molecule has 2 aliphatic carbocycles. The first kappa shape index (κ1) is 13.1. The van der Waals surface area contributed by atoms with E-state index in [0.29, 0.717) is 17.8 Å². The Kier molecular flexibility index (Phi) is 3.39. The monoisotopic (exact) mass is 238 g/mol. The predicted octanol–water partition coefficient (Wildman–Crippen LogP) is 2.75. The van der Waals surface area contributed by atoms with Crippen molar-refractivity contribution >= 4 is 0 Å². The van der Waals surface area contributed by atoms with Crippen molar-refractivity contribution in [2.45, 2.75) is 58.2 Å². The van der Waals surface area contributed by atoms with Gasteiger partial charge in [-0.25, -0.2) is 0 Å². The maximum absolute atomic E-state index is 10.6. The van der Waals surface area contributed by atoms with Crippen molar-refractivity contribution in [3.8, 4) is 0 Å². The van der Waals surface area contributed by atoms with Crippen LogP contribution in [0.4, 0.5) is 0 Å². The van der Waals surface area contributed by atoms with Gasteiger partial charge in [0.25, 0.3) is 0 Å². The zero-order valence-corrected chi connectivity index (χ0v) is 11.3. The average molecular weight is 238 g/mol. The second-order valence-electron chi connectivity index (χ2n) is 6.62. The van der Waals surface area contributed by atoms with Crippen molar-refractivity contribution in [2.24, 2.45) is 23.7 Å². The summed E-state index contributed by atoms with van der Waals surface area (Å²) < 4.78 is 0. The van der Waals surface area contributed by atoms with Gasteiger partial charge in [-0.05, 0) is 50.4 Å². The Labute approximate surface area is 105 Å². The lowest BCUT2D eigenvalue weighted by atomic mass is 9.75. The Balaban J connectivity index is 2.31. The lowest BCUT2D eigenvalue weighted by molar-refractivity contribution is -0.0729. The summed E-state index contributed by atoms with van der Waals surface area (Å²) in [5.74, 6) is 1.08. The van der Waals surface area contributed by atoms with Gasteiger partial charge in [-0.1, -0.05) is 26.0 Å². The maximum Gasteiger partial charge on any atom is 0.0678 e. The second kappa shape index (κ2) is 4.40. The molecule has 5 atom stereocenters. The molecule has 0 aromatic carbocycles. The molecule has 0 radical (unpaired) electrons. The molecule has 0 aromatic heterocycles. The molecule has 0 bridgehead atoms. The Morgan fingerprint density at radius 1 is 1.35 bits per heavy atom. The number of aliphatic hydroxyl groups excluding tert-OH is 1. The van der Waals surface area contributed by atoms with Gasteiger partial charge in [-0.2, -0.15) is 0 Å². The highest BCUT2D eigenvalue weighted by Crippen LogP contribution is 2.51. The highest BCUT2D eigenvalue weighted by molar-refractivity contribution is 5.15. The first-order valence-electron chi connectivity index (χ1n) is 6.92. The smallest absolute Gasteiger partial charge is 0.0678 e. The third kappa shape index (κ3) is 2.17.